The lowest BCUT2D eigenvalue weighted by Gasteiger charge is -2.15. The van der Waals surface area contributed by atoms with Crippen molar-refractivity contribution in [3.63, 3.8) is 0 Å². The number of ether oxygens (including phenoxy) is 3. The molecule has 0 fully saturated rings. The van der Waals surface area contributed by atoms with Crippen molar-refractivity contribution < 1.29 is 14.2 Å². The number of hydrogen-bond donors (Lipinski definition) is 1. The van der Waals surface area contributed by atoms with Gasteiger partial charge in [0, 0.05) is 11.6 Å². The molecule has 0 bridgehead atoms. The summed E-state index contributed by atoms with van der Waals surface area (Å²) in [5.74, 6) is 2.31. The summed E-state index contributed by atoms with van der Waals surface area (Å²) in [6, 6.07) is 11.8. The molecule has 0 spiro atoms. The number of methoxy groups -OCH3 is 2. The van der Waals surface area contributed by atoms with Crippen molar-refractivity contribution in [2.45, 2.75) is 6.61 Å². The molecule has 0 aliphatic carbocycles. The lowest BCUT2D eigenvalue weighted by atomic mass is 10.1. The summed E-state index contributed by atoms with van der Waals surface area (Å²) in [5, 5.41) is 4.89. The van der Waals surface area contributed by atoms with Crippen molar-refractivity contribution in [2.75, 3.05) is 19.5 Å². The number of aromatic nitrogens is 2. The largest absolute Gasteiger partial charge is 0.497 e. The van der Waals surface area contributed by atoms with Crippen LogP contribution in [0.2, 0.25) is 0 Å². The van der Waals surface area contributed by atoms with Crippen molar-refractivity contribution in [3.05, 3.63) is 41.3 Å². The zero-order valence-corrected chi connectivity index (χ0v) is 16.2. The summed E-state index contributed by atoms with van der Waals surface area (Å²) >= 11 is 3.12. The maximum absolute atomic E-state index is 5.82. The molecule has 136 valence electrons. The quantitative estimate of drug-likeness (QED) is 0.518. The Hall–Kier alpha value is -2.84. The van der Waals surface area contributed by atoms with Crippen LogP contribution in [0.4, 0.5) is 10.3 Å². The van der Waals surface area contributed by atoms with Gasteiger partial charge in [0.2, 0.25) is 0 Å². The van der Waals surface area contributed by atoms with E-state index in [0.29, 0.717) is 12.4 Å². The van der Waals surface area contributed by atoms with Crippen molar-refractivity contribution in [1.82, 2.24) is 9.97 Å². The molecule has 8 heteroatoms. The fourth-order valence-electron chi connectivity index (χ4n) is 3.04. The standard InChI is InChI=1S/C19H15N3O3S2/c1-23-10-7-13(24-2)17-14(8-10)26-19(21-17)22-18-20-16-11-5-3-4-6-12(11)25-9-15(16)27-18/h3-8H,9H2,1-2H3,(H,20,21,22). The molecule has 0 saturated carbocycles. The van der Waals surface area contributed by atoms with E-state index in [9.17, 15) is 0 Å². The van der Waals surface area contributed by atoms with Gasteiger partial charge in [-0.25, -0.2) is 9.97 Å². The van der Waals surface area contributed by atoms with Crippen LogP contribution in [0.1, 0.15) is 4.88 Å². The third-order valence-corrected chi connectivity index (χ3v) is 6.16. The maximum Gasteiger partial charge on any atom is 0.190 e. The average molecular weight is 397 g/mol. The minimum absolute atomic E-state index is 0.538. The van der Waals surface area contributed by atoms with Crippen LogP contribution >= 0.6 is 22.7 Å². The summed E-state index contributed by atoms with van der Waals surface area (Å²) in [5.41, 5.74) is 2.81. The zero-order chi connectivity index (χ0) is 18.4. The van der Waals surface area contributed by atoms with Crippen LogP contribution in [0.15, 0.2) is 36.4 Å². The highest BCUT2D eigenvalue weighted by atomic mass is 32.1. The fourth-order valence-corrected chi connectivity index (χ4v) is 4.90. The van der Waals surface area contributed by atoms with Gasteiger partial charge in [0.25, 0.3) is 0 Å². The Labute approximate surface area is 163 Å². The maximum atomic E-state index is 5.82. The van der Waals surface area contributed by atoms with Gasteiger partial charge in [-0.1, -0.05) is 34.8 Å². The van der Waals surface area contributed by atoms with E-state index >= 15 is 0 Å². The summed E-state index contributed by atoms with van der Waals surface area (Å²) in [6.45, 7) is 0.538. The first kappa shape index (κ1) is 16.3. The van der Waals surface area contributed by atoms with Gasteiger partial charge in [-0.15, -0.1) is 0 Å². The van der Waals surface area contributed by atoms with E-state index in [1.807, 2.05) is 36.4 Å². The molecule has 4 aromatic rings. The monoisotopic (exact) mass is 397 g/mol. The molecule has 5 rings (SSSR count). The van der Waals surface area contributed by atoms with E-state index in [1.165, 1.54) is 11.3 Å². The molecule has 0 saturated heterocycles. The highest BCUT2D eigenvalue weighted by molar-refractivity contribution is 7.22. The van der Waals surface area contributed by atoms with Crippen LogP contribution in [0.3, 0.4) is 0 Å². The van der Waals surface area contributed by atoms with Crippen LogP contribution in [-0.2, 0) is 6.61 Å². The van der Waals surface area contributed by atoms with E-state index in [0.717, 1.165) is 48.1 Å². The predicted octanol–water partition coefficient (Wildman–Crippen LogP) is 5.07. The SMILES string of the molecule is COc1cc(OC)c2nc(Nc3nc4c(s3)COc3ccccc3-4)sc2c1. The number of rotatable bonds is 4. The molecule has 0 unspecified atom stereocenters. The first-order chi connectivity index (χ1) is 13.2. The number of nitrogens with one attached hydrogen (secondary N) is 1. The third kappa shape index (κ3) is 2.77. The third-order valence-electron chi connectivity index (χ3n) is 4.30. The number of fused-ring (bicyclic) bond motifs is 4. The summed E-state index contributed by atoms with van der Waals surface area (Å²) < 4.78 is 17.6. The first-order valence-electron chi connectivity index (χ1n) is 8.26. The molecule has 1 aliphatic heterocycles. The van der Waals surface area contributed by atoms with Gasteiger partial charge in [0.1, 0.15) is 29.4 Å². The van der Waals surface area contributed by atoms with Gasteiger partial charge in [-0.05, 0) is 18.2 Å². The van der Waals surface area contributed by atoms with E-state index in [2.05, 4.69) is 10.3 Å². The Kier molecular flexibility index (Phi) is 3.87. The van der Waals surface area contributed by atoms with Crippen LogP contribution in [0, 0.1) is 0 Å². The number of anilines is 2. The van der Waals surface area contributed by atoms with Gasteiger partial charge >= 0.3 is 0 Å². The Balaban J connectivity index is 1.51. The van der Waals surface area contributed by atoms with Crippen molar-refractivity contribution in [2.24, 2.45) is 0 Å². The zero-order valence-electron chi connectivity index (χ0n) is 14.6. The van der Waals surface area contributed by atoms with Crippen LogP contribution in [0.5, 0.6) is 17.2 Å². The van der Waals surface area contributed by atoms with Crippen molar-refractivity contribution in [1.29, 1.82) is 0 Å². The minimum Gasteiger partial charge on any atom is -0.497 e. The molecule has 0 amide bonds. The molecule has 27 heavy (non-hydrogen) atoms. The summed E-state index contributed by atoms with van der Waals surface area (Å²) in [6.07, 6.45) is 0. The first-order valence-corrected chi connectivity index (χ1v) is 9.90. The second-order valence-corrected chi connectivity index (χ2v) is 8.01. The second kappa shape index (κ2) is 6.40. The normalized spacial score (nSPS) is 12.2. The van der Waals surface area contributed by atoms with Crippen LogP contribution in [-0.4, -0.2) is 24.2 Å². The second-order valence-electron chi connectivity index (χ2n) is 5.90. The molecule has 2 aromatic heterocycles. The van der Waals surface area contributed by atoms with E-state index < -0.39 is 0 Å². The van der Waals surface area contributed by atoms with Gasteiger partial charge in [0.05, 0.1) is 29.5 Å². The number of para-hydroxylation sites is 1. The highest BCUT2D eigenvalue weighted by Gasteiger charge is 2.22. The Morgan fingerprint density at radius 1 is 1.04 bits per heavy atom. The molecule has 1 N–H and O–H groups in total. The Morgan fingerprint density at radius 2 is 1.89 bits per heavy atom. The van der Waals surface area contributed by atoms with E-state index in [-0.39, 0.29) is 0 Å². The topological polar surface area (TPSA) is 65.5 Å². The smallest absolute Gasteiger partial charge is 0.190 e. The minimum atomic E-state index is 0.538. The molecule has 6 nitrogen and oxygen atoms in total. The fraction of sp³-hybridized carbons (Fsp3) is 0.158. The van der Waals surface area contributed by atoms with Crippen LogP contribution in [0.25, 0.3) is 21.5 Å². The number of thiazole rings is 2. The van der Waals surface area contributed by atoms with Crippen molar-refractivity contribution >= 4 is 43.2 Å². The number of hydrogen-bond acceptors (Lipinski definition) is 8. The van der Waals surface area contributed by atoms with Crippen LogP contribution < -0.4 is 19.5 Å². The lowest BCUT2D eigenvalue weighted by Crippen LogP contribution is -2.02. The Morgan fingerprint density at radius 3 is 2.74 bits per heavy atom. The van der Waals surface area contributed by atoms with Gasteiger partial charge < -0.3 is 19.5 Å². The molecule has 1 aliphatic rings. The molecule has 0 atom stereocenters. The van der Waals surface area contributed by atoms with Gasteiger partial charge in [-0.3, -0.25) is 0 Å². The van der Waals surface area contributed by atoms with Gasteiger partial charge in [-0.2, -0.15) is 0 Å². The number of nitrogens with zero attached hydrogens (tertiary/aromatic N) is 2. The lowest BCUT2D eigenvalue weighted by molar-refractivity contribution is 0.305. The van der Waals surface area contributed by atoms with Crippen molar-refractivity contribution in [3.8, 4) is 28.5 Å². The molecule has 0 radical (unpaired) electrons. The average Bonchev–Trinajstić information content (AvgIpc) is 3.30. The Bertz CT molecular complexity index is 1150. The summed E-state index contributed by atoms with van der Waals surface area (Å²) in [4.78, 5) is 10.5. The molecular weight excluding hydrogens is 382 g/mol. The molecular formula is C19H15N3O3S2. The highest BCUT2D eigenvalue weighted by Crippen LogP contribution is 2.42. The van der Waals surface area contributed by atoms with Gasteiger partial charge in [0.15, 0.2) is 10.3 Å². The summed E-state index contributed by atoms with van der Waals surface area (Å²) in [7, 11) is 3.27. The molecule has 2 aromatic carbocycles. The van der Waals surface area contributed by atoms with E-state index in [1.54, 1.807) is 25.6 Å². The van der Waals surface area contributed by atoms with E-state index in [4.69, 9.17) is 19.2 Å². The molecule has 3 heterocycles. The predicted molar refractivity (Wildman–Crippen MR) is 108 cm³/mol. The number of benzene rings is 2.